The zero-order chi connectivity index (χ0) is 59.9. The summed E-state index contributed by atoms with van der Waals surface area (Å²) in [7, 11) is -9.87. The second-order valence-corrected chi connectivity index (χ2v) is 25.8. The van der Waals surface area contributed by atoms with Gasteiger partial charge in [0.25, 0.3) is 0 Å². The highest BCUT2D eigenvalue weighted by molar-refractivity contribution is 7.47. The van der Waals surface area contributed by atoms with Gasteiger partial charge >= 0.3 is 39.5 Å². The molecule has 480 valence electrons. The van der Waals surface area contributed by atoms with Crippen LogP contribution in [0.1, 0.15) is 311 Å². The fraction of sp³-hybridized carbons (Fsp3) is 0.935. The minimum Gasteiger partial charge on any atom is -0.462 e. The van der Waals surface area contributed by atoms with Crippen molar-refractivity contribution in [1.29, 1.82) is 0 Å². The Morgan fingerprint density at radius 1 is 0.333 bits per heavy atom. The average Bonchev–Trinajstić information content (AvgIpc) is 3.43. The third kappa shape index (κ3) is 56.9. The molecule has 0 aromatic carbocycles. The molecule has 0 aromatic heterocycles. The molecule has 5 atom stereocenters. The second-order valence-electron chi connectivity index (χ2n) is 22.9. The number of aliphatic hydroxyl groups excluding tert-OH is 1. The van der Waals surface area contributed by atoms with E-state index in [-0.39, 0.29) is 25.7 Å². The SMILES string of the molecule is CCCCCCCCCCCCCCCCCCC(=O)O[C@H](COC(=O)CCCCCCCCC(C)C)COP(=O)(O)OC[C@@H](O)COP(=O)(O)OC[C@@H](COC(=O)CCCCCCCCC)OC(=O)CCCCCCCCCCC. The van der Waals surface area contributed by atoms with Crippen LogP contribution in [0.4, 0.5) is 0 Å². The Kier molecular flexibility index (Phi) is 54.6. The standard InChI is InChI=1S/C62H120O17P2/c1-6-9-12-15-18-20-21-22-23-24-25-26-28-31-38-43-48-62(67)79-58(52-73-60(65)46-41-36-33-32-34-39-44-55(4)5)54-77-81(70,71)75-50-56(63)49-74-80(68,69)76-53-57(51-72-59(64)45-40-35-29-17-14-11-8-3)78-61(66)47-42-37-30-27-19-16-13-10-7-2/h55-58,63H,6-54H2,1-5H3,(H,68,69)(H,70,71)/t56-,57+,58+/m0/s1. The molecular formula is C62H120O17P2. The average molecular weight is 1200 g/mol. The molecule has 19 heteroatoms. The third-order valence-corrected chi connectivity index (χ3v) is 16.2. The number of carbonyl (C=O) groups is 4. The number of hydrogen-bond donors (Lipinski definition) is 3. The van der Waals surface area contributed by atoms with Gasteiger partial charge in [-0.25, -0.2) is 9.13 Å². The van der Waals surface area contributed by atoms with E-state index in [1.165, 1.54) is 116 Å². The van der Waals surface area contributed by atoms with E-state index in [0.29, 0.717) is 31.6 Å². The van der Waals surface area contributed by atoms with E-state index in [0.717, 1.165) is 109 Å². The van der Waals surface area contributed by atoms with Crippen molar-refractivity contribution in [3.8, 4) is 0 Å². The lowest BCUT2D eigenvalue weighted by atomic mass is 10.0. The summed E-state index contributed by atoms with van der Waals surface area (Å²) in [5.74, 6) is -1.46. The van der Waals surface area contributed by atoms with Gasteiger partial charge in [-0.2, -0.15) is 0 Å². The number of aliphatic hydroxyl groups is 1. The Bertz CT molecular complexity index is 1580. The number of hydrogen-bond acceptors (Lipinski definition) is 15. The fourth-order valence-corrected chi connectivity index (χ4v) is 10.8. The Labute approximate surface area is 492 Å². The maximum atomic E-state index is 12.9. The highest BCUT2D eigenvalue weighted by Gasteiger charge is 2.30. The normalized spacial score (nSPS) is 14.3. The van der Waals surface area contributed by atoms with E-state index < -0.39 is 97.5 Å². The maximum absolute atomic E-state index is 12.9. The minimum absolute atomic E-state index is 0.105. The van der Waals surface area contributed by atoms with Gasteiger partial charge in [0.2, 0.25) is 0 Å². The molecule has 0 aliphatic rings. The van der Waals surface area contributed by atoms with Crippen LogP contribution in [-0.4, -0.2) is 96.7 Å². The molecule has 2 unspecified atom stereocenters. The molecule has 0 rings (SSSR count). The van der Waals surface area contributed by atoms with Gasteiger partial charge < -0.3 is 33.8 Å². The largest absolute Gasteiger partial charge is 0.472 e. The number of unbranched alkanes of at least 4 members (excludes halogenated alkanes) is 34. The summed E-state index contributed by atoms with van der Waals surface area (Å²) in [6, 6.07) is 0. The molecule has 81 heavy (non-hydrogen) atoms. The number of rotatable bonds is 62. The van der Waals surface area contributed by atoms with E-state index in [2.05, 4.69) is 34.6 Å². The predicted molar refractivity (Wildman–Crippen MR) is 322 cm³/mol. The quantitative estimate of drug-likeness (QED) is 0.0222. The Morgan fingerprint density at radius 3 is 0.840 bits per heavy atom. The van der Waals surface area contributed by atoms with E-state index in [4.69, 9.17) is 37.0 Å². The van der Waals surface area contributed by atoms with Crippen molar-refractivity contribution in [2.24, 2.45) is 5.92 Å². The van der Waals surface area contributed by atoms with Crippen molar-refractivity contribution in [3.63, 3.8) is 0 Å². The molecule has 0 aromatic rings. The number of carbonyl (C=O) groups excluding carboxylic acids is 4. The van der Waals surface area contributed by atoms with E-state index in [1.807, 2.05) is 0 Å². The van der Waals surface area contributed by atoms with Crippen LogP contribution in [0.3, 0.4) is 0 Å². The molecule has 0 saturated carbocycles. The molecule has 0 aliphatic carbocycles. The fourth-order valence-electron chi connectivity index (χ4n) is 9.23. The molecular weight excluding hydrogens is 1080 g/mol. The zero-order valence-corrected chi connectivity index (χ0v) is 53.7. The highest BCUT2D eigenvalue weighted by Crippen LogP contribution is 2.45. The summed E-state index contributed by atoms with van der Waals surface area (Å²) >= 11 is 0. The summed E-state index contributed by atoms with van der Waals surface area (Å²) in [4.78, 5) is 71.9. The number of phosphoric ester groups is 2. The number of phosphoric acid groups is 2. The highest BCUT2D eigenvalue weighted by atomic mass is 31.2. The van der Waals surface area contributed by atoms with Crippen LogP contribution >= 0.6 is 15.6 Å². The maximum Gasteiger partial charge on any atom is 0.472 e. The Balaban J connectivity index is 5.17. The Hall–Kier alpha value is -1.94. The van der Waals surface area contributed by atoms with Crippen LogP contribution in [0, 0.1) is 5.92 Å². The topological polar surface area (TPSA) is 237 Å². The van der Waals surface area contributed by atoms with Crippen LogP contribution in [0.5, 0.6) is 0 Å². The molecule has 0 radical (unpaired) electrons. The smallest absolute Gasteiger partial charge is 0.462 e. The Morgan fingerprint density at radius 2 is 0.568 bits per heavy atom. The molecule has 0 aliphatic heterocycles. The molecule has 0 saturated heterocycles. The van der Waals surface area contributed by atoms with Crippen molar-refractivity contribution in [1.82, 2.24) is 0 Å². The number of esters is 4. The van der Waals surface area contributed by atoms with Crippen molar-refractivity contribution >= 4 is 39.5 Å². The summed E-state index contributed by atoms with van der Waals surface area (Å²) < 4.78 is 67.8. The van der Waals surface area contributed by atoms with Gasteiger partial charge in [-0.3, -0.25) is 37.3 Å². The van der Waals surface area contributed by atoms with Gasteiger partial charge in [-0.15, -0.1) is 0 Å². The van der Waals surface area contributed by atoms with Gasteiger partial charge in [0.1, 0.15) is 19.3 Å². The first-order chi connectivity index (χ1) is 39.0. The molecule has 0 heterocycles. The van der Waals surface area contributed by atoms with Crippen molar-refractivity contribution in [3.05, 3.63) is 0 Å². The molecule has 0 spiro atoms. The van der Waals surface area contributed by atoms with Gasteiger partial charge in [0.05, 0.1) is 26.4 Å². The lowest BCUT2D eigenvalue weighted by Crippen LogP contribution is -2.30. The molecule has 17 nitrogen and oxygen atoms in total. The van der Waals surface area contributed by atoms with Crippen molar-refractivity contribution < 1.29 is 80.2 Å². The summed E-state index contributed by atoms with van der Waals surface area (Å²) in [5.41, 5.74) is 0. The van der Waals surface area contributed by atoms with Gasteiger partial charge in [-0.1, -0.05) is 259 Å². The third-order valence-electron chi connectivity index (χ3n) is 14.3. The lowest BCUT2D eigenvalue weighted by molar-refractivity contribution is -0.161. The molecule has 0 bridgehead atoms. The molecule has 0 fully saturated rings. The monoisotopic (exact) mass is 1200 g/mol. The molecule has 0 amide bonds. The predicted octanol–water partition coefficient (Wildman–Crippen LogP) is 17.0. The first-order valence-corrected chi connectivity index (χ1v) is 35.6. The van der Waals surface area contributed by atoms with Gasteiger partial charge in [-0.05, 0) is 31.6 Å². The van der Waals surface area contributed by atoms with E-state index in [1.54, 1.807) is 0 Å². The number of ether oxygens (including phenoxy) is 4. The van der Waals surface area contributed by atoms with Crippen LogP contribution in [0.25, 0.3) is 0 Å². The van der Waals surface area contributed by atoms with Crippen LogP contribution in [0.2, 0.25) is 0 Å². The summed E-state index contributed by atoms with van der Waals surface area (Å²) in [6.45, 7) is 7.04. The van der Waals surface area contributed by atoms with Crippen LogP contribution in [0.15, 0.2) is 0 Å². The summed E-state index contributed by atoms with van der Waals surface area (Å²) in [6.07, 6.45) is 39.2. The van der Waals surface area contributed by atoms with Gasteiger partial charge in [0, 0.05) is 25.7 Å². The second kappa shape index (κ2) is 55.9. The van der Waals surface area contributed by atoms with Crippen LogP contribution < -0.4 is 0 Å². The minimum atomic E-state index is -4.94. The first-order valence-electron chi connectivity index (χ1n) is 32.6. The molecule has 3 N–H and O–H groups in total. The van der Waals surface area contributed by atoms with Crippen LogP contribution in [-0.2, 0) is 65.4 Å². The van der Waals surface area contributed by atoms with E-state index >= 15 is 0 Å². The summed E-state index contributed by atoms with van der Waals surface area (Å²) in [5, 5.41) is 10.5. The van der Waals surface area contributed by atoms with E-state index in [9.17, 15) is 43.2 Å². The zero-order valence-electron chi connectivity index (χ0n) is 51.9. The first kappa shape index (κ1) is 79.1. The van der Waals surface area contributed by atoms with Crippen molar-refractivity contribution in [2.45, 2.75) is 329 Å². The van der Waals surface area contributed by atoms with Gasteiger partial charge in [0.15, 0.2) is 12.2 Å². The lowest BCUT2D eigenvalue weighted by Gasteiger charge is -2.21. The van der Waals surface area contributed by atoms with Crippen molar-refractivity contribution in [2.75, 3.05) is 39.6 Å².